The molecule has 1 atom stereocenters. The van der Waals surface area contributed by atoms with E-state index in [0.29, 0.717) is 24.6 Å². The fraction of sp³-hybridized carbons (Fsp3) is 0.600. The molecule has 136 valence electrons. The third-order valence-corrected chi connectivity index (χ3v) is 5.38. The summed E-state index contributed by atoms with van der Waals surface area (Å²) in [5, 5.41) is 0. The molecule has 1 saturated heterocycles. The van der Waals surface area contributed by atoms with Crippen molar-refractivity contribution in [2.24, 2.45) is 5.92 Å². The zero-order valence-electron chi connectivity index (χ0n) is 13.7. The van der Waals surface area contributed by atoms with Gasteiger partial charge in [0.25, 0.3) is 10.2 Å². The van der Waals surface area contributed by atoms with Crippen LogP contribution in [0.25, 0.3) is 0 Å². The van der Waals surface area contributed by atoms with Gasteiger partial charge in [0.15, 0.2) is 11.5 Å². The average molecular weight is 364 g/mol. The van der Waals surface area contributed by atoms with Crippen LogP contribution in [0.1, 0.15) is 25.3 Å². The van der Waals surface area contributed by atoms with Gasteiger partial charge in [0.1, 0.15) is 0 Å². The highest BCUT2D eigenvalue weighted by atomic mass is 32.2. The van der Waals surface area contributed by atoms with Gasteiger partial charge in [0.2, 0.25) is 0 Å². The lowest BCUT2D eigenvalue weighted by molar-refractivity contribution is -0.0512. The molecule has 1 N–H and O–H groups in total. The predicted molar refractivity (Wildman–Crippen MR) is 85.4 cm³/mol. The molecular weight excluding hydrogens is 342 g/mol. The van der Waals surface area contributed by atoms with Crippen LogP contribution in [0, 0.1) is 5.92 Å². The monoisotopic (exact) mass is 364 g/mol. The van der Waals surface area contributed by atoms with Crippen LogP contribution in [0.2, 0.25) is 0 Å². The summed E-state index contributed by atoms with van der Waals surface area (Å²) >= 11 is 0. The van der Waals surface area contributed by atoms with Crippen LogP contribution in [0.5, 0.6) is 11.5 Å². The molecule has 0 radical (unpaired) electrons. The van der Waals surface area contributed by atoms with Crippen LogP contribution in [0.15, 0.2) is 18.2 Å². The molecule has 1 fully saturated rings. The van der Waals surface area contributed by atoms with Gasteiger partial charge in [0, 0.05) is 19.6 Å². The number of nitrogens with zero attached hydrogens (tertiary/aromatic N) is 1. The summed E-state index contributed by atoms with van der Waals surface area (Å²) in [4.78, 5) is 0. The second-order valence-electron chi connectivity index (χ2n) is 5.80. The number of rotatable bonds is 7. The van der Waals surface area contributed by atoms with Gasteiger partial charge < -0.3 is 9.47 Å². The Labute approximate surface area is 140 Å². The van der Waals surface area contributed by atoms with Gasteiger partial charge >= 0.3 is 6.61 Å². The Kier molecular flexibility index (Phi) is 6.36. The number of ether oxygens (including phenoxy) is 2. The highest BCUT2D eigenvalue weighted by Gasteiger charge is 2.26. The summed E-state index contributed by atoms with van der Waals surface area (Å²) in [5.74, 6) is 0.365. The van der Waals surface area contributed by atoms with Crippen molar-refractivity contribution in [1.29, 1.82) is 0 Å². The maximum atomic E-state index is 12.3. The van der Waals surface area contributed by atoms with E-state index in [4.69, 9.17) is 4.74 Å². The largest absolute Gasteiger partial charge is 0.493 e. The number of hydrogen-bond donors (Lipinski definition) is 1. The molecule has 1 heterocycles. The molecule has 9 heteroatoms. The smallest absolute Gasteiger partial charge is 0.387 e. The Hall–Kier alpha value is -1.45. The van der Waals surface area contributed by atoms with Crippen LogP contribution in [-0.4, -0.2) is 39.5 Å². The lowest BCUT2D eigenvalue weighted by atomic mass is 10.0. The molecule has 0 spiro atoms. The minimum atomic E-state index is -3.57. The highest BCUT2D eigenvalue weighted by Crippen LogP contribution is 2.29. The number of halogens is 2. The summed E-state index contributed by atoms with van der Waals surface area (Å²) in [5.41, 5.74) is 0.585. The van der Waals surface area contributed by atoms with Crippen molar-refractivity contribution < 1.29 is 26.7 Å². The van der Waals surface area contributed by atoms with Gasteiger partial charge in [-0.05, 0) is 36.5 Å². The van der Waals surface area contributed by atoms with E-state index in [0.717, 1.165) is 12.8 Å². The van der Waals surface area contributed by atoms with Crippen molar-refractivity contribution in [3.05, 3.63) is 23.8 Å². The van der Waals surface area contributed by atoms with Crippen molar-refractivity contribution in [1.82, 2.24) is 9.03 Å². The second-order valence-corrected chi connectivity index (χ2v) is 7.55. The number of benzene rings is 1. The highest BCUT2D eigenvalue weighted by molar-refractivity contribution is 7.87. The van der Waals surface area contributed by atoms with E-state index < -0.39 is 16.8 Å². The van der Waals surface area contributed by atoms with Crippen molar-refractivity contribution in [2.45, 2.75) is 32.9 Å². The lowest BCUT2D eigenvalue weighted by Crippen LogP contribution is -2.45. The minimum absolute atomic E-state index is 0.0402. The topological polar surface area (TPSA) is 67.9 Å². The SMILES string of the molecule is COc1cc(CNS(=O)(=O)N2CCCC(C)C2)ccc1OC(F)F. The normalized spacial score (nSPS) is 19.5. The molecule has 0 amide bonds. The Bertz CT molecular complexity index is 655. The van der Waals surface area contributed by atoms with Gasteiger partial charge in [-0.3, -0.25) is 0 Å². The first-order valence-electron chi connectivity index (χ1n) is 7.68. The molecule has 1 aromatic carbocycles. The van der Waals surface area contributed by atoms with E-state index in [-0.39, 0.29) is 18.0 Å². The fourth-order valence-corrected chi connectivity index (χ4v) is 4.00. The molecule has 0 aromatic heterocycles. The summed E-state index contributed by atoms with van der Waals surface area (Å²) in [6.07, 6.45) is 1.87. The molecule has 1 unspecified atom stereocenters. The quantitative estimate of drug-likeness (QED) is 0.807. The molecule has 1 aliphatic rings. The molecule has 6 nitrogen and oxygen atoms in total. The summed E-state index contributed by atoms with van der Waals surface area (Å²) in [6.45, 7) is 0.112. The van der Waals surface area contributed by atoms with Crippen LogP contribution in [-0.2, 0) is 16.8 Å². The maximum absolute atomic E-state index is 12.3. The first-order valence-corrected chi connectivity index (χ1v) is 9.12. The first-order chi connectivity index (χ1) is 11.3. The zero-order chi connectivity index (χ0) is 17.7. The number of hydrogen-bond acceptors (Lipinski definition) is 4. The zero-order valence-corrected chi connectivity index (χ0v) is 14.5. The third-order valence-electron chi connectivity index (χ3n) is 3.86. The van der Waals surface area contributed by atoms with Crippen molar-refractivity contribution in [3.8, 4) is 11.5 Å². The van der Waals surface area contributed by atoms with E-state index in [1.807, 2.05) is 6.92 Å². The van der Waals surface area contributed by atoms with Crippen LogP contribution < -0.4 is 14.2 Å². The first kappa shape index (κ1) is 18.9. The third kappa shape index (κ3) is 5.02. The van der Waals surface area contributed by atoms with Crippen molar-refractivity contribution >= 4 is 10.2 Å². The lowest BCUT2D eigenvalue weighted by Gasteiger charge is -2.30. The molecule has 1 aromatic rings. The van der Waals surface area contributed by atoms with Gasteiger partial charge in [-0.2, -0.15) is 26.2 Å². The fourth-order valence-electron chi connectivity index (χ4n) is 2.65. The van der Waals surface area contributed by atoms with Crippen molar-refractivity contribution in [2.75, 3.05) is 20.2 Å². The average Bonchev–Trinajstić information content (AvgIpc) is 2.53. The molecule has 1 aliphatic heterocycles. The van der Waals surface area contributed by atoms with E-state index in [1.54, 1.807) is 0 Å². The Morgan fingerprint density at radius 3 is 2.75 bits per heavy atom. The summed E-state index contributed by atoms with van der Waals surface area (Å²) in [6, 6.07) is 4.32. The molecular formula is C15H22F2N2O4S. The number of methoxy groups -OCH3 is 1. The van der Waals surface area contributed by atoms with E-state index >= 15 is 0 Å². The Balaban J connectivity index is 2.03. The standard InChI is InChI=1S/C15H22F2N2O4S/c1-11-4-3-7-19(10-11)24(20,21)18-9-12-5-6-13(23-15(16)17)14(8-12)22-2/h5-6,8,11,15,18H,3-4,7,9-10H2,1-2H3. The second kappa shape index (κ2) is 8.09. The summed E-state index contributed by atoms with van der Waals surface area (Å²) in [7, 11) is -2.24. The molecule has 24 heavy (non-hydrogen) atoms. The number of nitrogens with one attached hydrogen (secondary N) is 1. The molecule has 0 saturated carbocycles. The van der Waals surface area contributed by atoms with Crippen LogP contribution >= 0.6 is 0 Å². The summed E-state index contributed by atoms with van der Waals surface area (Å²) < 4.78 is 62.6. The predicted octanol–water partition coefficient (Wildman–Crippen LogP) is 2.36. The van der Waals surface area contributed by atoms with Gasteiger partial charge in [-0.15, -0.1) is 0 Å². The molecule has 2 rings (SSSR count). The van der Waals surface area contributed by atoms with Gasteiger partial charge in [0.05, 0.1) is 7.11 Å². The maximum Gasteiger partial charge on any atom is 0.387 e. The number of alkyl halides is 2. The molecule has 0 aliphatic carbocycles. The van der Waals surface area contributed by atoms with Crippen molar-refractivity contribution in [3.63, 3.8) is 0 Å². The van der Waals surface area contributed by atoms with E-state index in [1.165, 1.54) is 29.6 Å². The minimum Gasteiger partial charge on any atom is -0.493 e. The molecule has 0 bridgehead atoms. The van der Waals surface area contributed by atoms with Crippen LogP contribution in [0.4, 0.5) is 8.78 Å². The van der Waals surface area contributed by atoms with Gasteiger partial charge in [-0.25, -0.2) is 0 Å². The Morgan fingerprint density at radius 2 is 2.12 bits per heavy atom. The van der Waals surface area contributed by atoms with Gasteiger partial charge in [-0.1, -0.05) is 13.0 Å². The van der Waals surface area contributed by atoms with E-state index in [2.05, 4.69) is 9.46 Å². The van der Waals surface area contributed by atoms with E-state index in [9.17, 15) is 17.2 Å². The Morgan fingerprint density at radius 1 is 1.38 bits per heavy atom. The van der Waals surface area contributed by atoms with Crippen LogP contribution in [0.3, 0.4) is 0 Å². The number of piperidine rings is 1.